The topological polar surface area (TPSA) is 55.1 Å². The second-order valence-corrected chi connectivity index (χ2v) is 4.36. The SMILES string of the molecule is CCCCCCNC(=O)CSCCN. The van der Waals surface area contributed by atoms with E-state index in [9.17, 15) is 4.79 Å². The monoisotopic (exact) mass is 218 g/mol. The fourth-order valence-electron chi connectivity index (χ4n) is 1.08. The lowest BCUT2D eigenvalue weighted by molar-refractivity contribution is -0.118. The molecule has 0 aromatic carbocycles. The van der Waals surface area contributed by atoms with Crippen LogP contribution in [0.4, 0.5) is 0 Å². The normalized spacial score (nSPS) is 10.1. The third-order valence-electron chi connectivity index (χ3n) is 1.85. The fourth-order valence-corrected chi connectivity index (χ4v) is 1.68. The average molecular weight is 218 g/mol. The first-order chi connectivity index (χ1) is 6.81. The molecule has 84 valence electrons. The highest BCUT2D eigenvalue weighted by Crippen LogP contribution is 1.98. The first-order valence-electron chi connectivity index (χ1n) is 5.35. The Labute approximate surface area is 91.2 Å². The van der Waals surface area contributed by atoms with Crippen LogP contribution in [0.25, 0.3) is 0 Å². The zero-order chi connectivity index (χ0) is 10.6. The van der Waals surface area contributed by atoms with Gasteiger partial charge in [-0.25, -0.2) is 0 Å². The maximum atomic E-state index is 11.2. The predicted octanol–water partition coefficient (Wildman–Crippen LogP) is 1.37. The highest BCUT2D eigenvalue weighted by molar-refractivity contribution is 7.99. The van der Waals surface area contributed by atoms with Gasteiger partial charge >= 0.3 is 0 Å². The molecule has 1 amide bonds. The van der Waals surface area contributed by atoms with Crippen molar-refractivity contribution in [3.05, 3.63) is 0 Å². The third kappa shape index (κ3) is 9.86. The molecule has 0 spiro atoms. The van der Waals surface area contributed by atoms with Gasteiger partial charge in [0.15, 0.2) is 0 Å². The van der Waals surface area contributed by atoms with E-state index in [1.165, 1.54) is 19.3 Å². The summed E-state index contributed by atoms with van der Waals surface area (Å²) in [5.74, 6) is 1.55. The molecule has 0 unspecified atom stereocenters. The van der Waals surface area contributed by atoms with E-state index < -0.39 is 0 Å². The summed E-state index contributed by atoms with van der Waals surface area (Å²) in [6, 6.07) is 0. The summed E-state index contributed by atoms with van der Waals surface area (Å²) in [5.41, 5.74) is 5.32. The number of nitrogens with one attached hydrogen (secondary N) is 1. The van der Waals surface area contributed by atoms with Gasteiger partial charge in [0.2, 0.25) is 5.91 Å². The number of hydrogen-bond donors (Lipinski definition) is 2. The first kappa shape index (κ1) is 13.8. The van der Waals surface area contributed by atoms with Crippen LogP contribution < -0.4 is 11.1 Å². The highest BCUT2D eigenvalue weighted by atomic mass is 32.2. The van der Waals surface area contributed by atoms with Crippen LogP contribution in [-0.2, 0) is 4.79 Å². The predicted molar refractivity (Wildman–Crippen MR) is 63.5 cm³/mol. The van der Waals surface area contributed by atoms with E-state index in [2.05, 4.69) is 12.2 Å². The number of nitrogens with two attached hydrogens (primary N) is 1. The highest BCUT2D eigenvalue weighted by Gasteiger charge is 1.99. The van der Waals surface area contributed by atoms with Crippen molar-refractivity contribution in [1.29, 1.82) is 0 Å². The smallest absolute Gasteiger partial charge is 0.229 e. The number of rotatable bonds is 9. The van der Waals surface area contributed by atoms with E-state index in [0.717, 1.165) is 18.7 Å². The first-order valence-corrected chi connectivity index (χ1v) is 6.51. The molecule has 0 aromatic rings. The molecule has 0 heterocycles. The van der Waals surface area contributed by atoms with Crippen molar-refractivity contribution in [2.24, 2.45) is 5.73 Å². The molecular weight excluding hydrogens is 196 g/mol. The molecule has 3 nitrogen and oxygen atoms in total. The molecule has 0 aliphatic heterocycles. The minimum absolute atomic E-state index is 0.139. The molecule has 0 atom stereocenters. The summed E-state index contributed by atoms with van der Waals surface area (Å²) < 4.78 is 0. The molecule has 0 bridgehead atoms. The van der Waals surface area contributed by atoms with Crippen LogP contribution in [0.15, 0.2) is 0 Å². The fraction of sp³-hybridized carbons (Fsp3) is 0.900. The van der Waals surface area contributed by atoms with Gasteiger partial charge in [-0.05, 0) is 6.42 Å². The Bertz CT molecular complexity index is 142. The lowest BCUT2D eigenvalue weighted by atomic mass is 10.2. The van der Waals surface area contributed by atoms with E-state index in [1.807, 2.05) is 0 Å². The zero-order valence-electron chi connectivity index (χ0n) is 9.05. The van der Waals surface area contributed by atoms with Crippen LogP contribution in [0.2, 0.25) is 0 Å². The van der Waals surface area contributed by atoms with Gasteiger partial charge in [0, 0.05) is 18.8 Å². The van der Waals surface area contributed by atoms with Crippen molar-refractivity contribution < 1.29 is 4.79 Å². The van der Waals surface area contributed by atoms with Gasteiger partial charge in [-0.15, -0.1) is 0 Å². The Morgan fingerprint density at radius 1 is 1.36 bits per heavy atom. The summed E-state index contributed by atoms with van der Waals surface area (Å²) in [6.45, 7) is 3.65. The molecule has 0 saturated carbocycles. The average Bonchev–Trinajstić information content (AvgIpc) is 2.18. The van der Waals surface area contributed by atoms with Gasteiger partial charge in [0.25, 0.3) is 0 Å². The molecule has 0 aliphatic carbocycles. The standard InChI is InChI=1S/C10H22N2OS/c1-2-3-4-5-7-12-10(13)9-14-8-6-11/h2-9,11H2,1H3,(H,12,13). The number of amides is 1. The third-order valence-corrected chi connectivity index (χ3v) is 2.84. The van der Waals surface area contributed by atoms with Crippen LogP contribution >= 0.6 is 11.8 Å². The van der Waals surface area contributed by atoms with Crippen molar-refractivity contribution in [3.8, 4) is 0 Å². The maximum Gasteiger partial charge on any atom is 0.229 e. The number of carbonyl (C=O) groups is 1. The summed E-state index contributed by atoms with van der Waals surface area (Å²) in [5, 5.41) is 2.90. The molecule has 0 fully saturated rings. The van der Waals surface area contributed by atoms with Crippen molar-refractivity contribution in [2.45, 2.75) is 32.6 Å². The molecule has 0 rings (SSSR count). The second-order valence-electron chi connectivity index (χ2n) is 3.25. The van der Waals surface area contributed by atoms with Gasteiger partial charge < -0.3 is 11.1 Å². The largest absolute Gasteiger partial charge is 0.355 e. The maximum absolute atomic E-state index is 11.2. The van der Waals surface area contributed by atoms with Gasteiger partial charge in [0.05, 0.1) is 5.75 Å². The molecular formula is C10H22N2OS. The van der Waals surface area contributed by atoms with E-state index in [4.69, 9.17) is 5.73 Å². The second kappa shape index (κ2) is 10.9. The minimum atomic E-state index is 0.139. The number of carbonyl (C=O) groups excluding carboxylic acids is 1. The molecule has 0 aromatic heterocycles. The van der Waals surface area contributed by atoms with Crippen LogP contribution in [0, 0.1) is 0 Å². The van der Waals surface area contributed by atoms with E-state index in [-0.39, 0.29) is 5.91 Å². The van der Waals surface area contributed by atoms with Crippen LogP contribution in [-0.4, -0.2) is 30.5 Å². The Morgan fingerprint density at radius 3 is 2.79 bits per heavy atom. The number of thioether (sulfide) groups is 1. The zero-order valence-corrected chi connectivity index (χ0v) is 9.87. The molecule has 3 N–H and O–H groups in total. The summed E-state index contributed by atoms with van der Waals surface area (Å²) in [4.78, 5) is 11.2. The van der Waals surface area contributed by atoms with Gasteiger partial charge in [0.1, 0.15) is 0 Å². The van der Waals surface area contributed by atoms with E-state index >= 15 is 0 Å². The van der Waals surface area contributed by atoms with Gasteiger partial charge in [-0.2, -0.15) is 11.8 Å². The molecule has 0 aliphatic rings. The van der Waals surface area contributed by atoms with Gasteiger partial charge in [-0.3, -0.25) is 4.79 Å². The van der Waals surface area contributed by atoms with Crippen LogP contribution in [0.1, 0.15) is 32.6 Å². The lowest BCUT2D eigenvalue weighted by Crippen LogP contribution is -2.26. The molecule has 14 heavy (non-hydrogen) atoms. The molecule has 4 heteroatoms. The van der Waals surface area contributed by atoms with E-state index in [1.54, 1.807) is 11.8 Å². The summed E-state index contributed by atoms with van der Waals surface area (Å²) in [6.07, 6.45) is 4.81. The van der Waals surface area contributed by atoms with Crippen molar-refractivity contribution in [1.82, 2.24) is 5.32 Å². The van der Waals surface area contributed by atoms with E-state index in [0.29, 0.717) is 12.3 Å². The number of unbranched alkanes of at least 4 members (excludes halogenated alkanes) is 3. The minimum Gasteiger partial charge on any atom is -0.355 e. The summed E-state index contributed by atoms with van der Waals surface area (Å²) in [7, 11) is 0. The molecule has 0 saturated heterocycles. The Balaban J connectivity index is 3.10. The quantitative estimate of drug-likeness (QED) is 0.575. The van der Waals surface area contributed by atoms with Crippen LogP contribution in [0.5, 0.6) is 0 Å². The van der Waals surface area contributed by atoms with Crippen molar-refractivity contribution >= 4 is 17.7 Å². The Kier molecular flexibility index (Phi) is 10.7. The lowest BCUT2D eigenvalue weighted by Gasteiger charge is -2.04. The van der Waals surface area contributed by atoms with Crippen molar-refractivity contribution in [3.63, 3.8) is 0 Å². The van der Waals surface area contributed by atoms with Crippen LogP contribution in [0.3, 0.4) is 0 Å². The van der Waals surface area contributed by atoms with Gasteiger partial charge in [-0.1, -0.05) is 26.2 Å². The summed E-state index contributed by atoms with van der Waals surface area (Å²) >= 11 is 1.59. The Hall–Kier alpha value is -0.220. The Morgan fingerprint density at radius 2 is 2.14 bits per heavy atom. The van der Waals surface area contributed by atoms with Crippen molar-refractivity contribution in [2.75, 3.05) is 24.6 Å². The number of hydrogen-bond acceptors (Lipinski definition) is 3. The molecule has 0 radical (unpaired) electrons.